The van der Waals surface area contributed by atoms with E-state index in [-0.39, 0.29) is 5.82 Å². The standard InChI is InChI=1S/C18H17FN4S/c19-17-9-5-4-8-15(17)12-23-13-16(11-21-23)22-18(24)20-10-14-6-2-1-3-7-14/h1-9,11,13H,10,12H2,(H2,20,22,24). The van der Waals surface area contributed by atoms with Gasteiger partial charge in [0.15, 0.2) is 5.11 Å². The zero-order valence-electron chi connectivity index (χ0n) is 12.9. The zero-order valence-corrected chi connectivity index (χ0v) is 13.8. The summed E-state index contributed by atoms with van der Waals surface area (Å²) in [6.07, 6.45) is 3.46. The second kappa shape index (κ2) is 7.70. The molecular formula is C18H17FN4S. The second-order valence-electron chi connectivity index (χ2n) is 5.31. The Morgan fingerprint density at radius 3 is 2.62 bits per heavy atom. The van der Waals surface area contributed by atoms with Gasteiger partial charge in [-0.05, 0) is 23.8 Å². The number of rotatable bonds is 5. The molecule has 24 heavy (non-hydrogen) atoms. The maximum absolute atomic E-state index is 13.7. The molecular weight excluding hydrogens is 323 g/mol. The summed E-state index contributed by atoms with van der Waals surface area (Å²) in [7, 11) is 0. The number of halogens is 1. The van der Waals surface area contributed by atoms with Gasteiger partial charge in [0.1, 0.15) is 5.82 Å². The number of hydrogen-bond donors (Lipinski definition) is 2. The molecule has 3 rings (SSSR count). The number of thiocarbonyl (C=S) groups is 1. The number of anilines is 1. The van der Waals surface area contributed by atoms with E-state index in [2.05, 4.69) is 15.7 Å². The molecule has 122 valence electrons. The van der Waals surface area contributed by atoms with Gasteiger partial charge in [-0.3, -0.25) is 4.68 Å². The van der Waals surface area contributed by atoms with Gasteiger partial charge in [-0.15, -0.1) is 0 Å². The maximum atomic E-state index is 13.7. The molecule has 0 unspecified atom stereocenters. The number of benzene rings is 2. The van der Waals surface area contributed by atoms with Crippen molar-refractivity contribution in [3.63, 3.8) is 0 Å². The van der Waals surface area contributed by atoms with Crippen molar-refractivity contribution in [3.05, 3.63) is 83.9 Å². The largest absolute Gasteiger partial charge is 0.358 e. The van der Waals surface area contributed by atoms with Crippen molar-refractivity contribution in [1.82, 2.24) is 15.1 Å². The van der Waals surface area contributed by atoms with Crippen molar-refractivity contribution in [1.29, 1.82) is 0 Å². The molecule has 0 fully saturated rings. The van der Waals surface area contributed by atoms with Crippen molar-refractivity contribution < 1.29 is 4.39 Å². The number of nitrogens with zero attached hydrogens (tertiary/aromatic N) is 2. The zero-order chi connectivity index (χ0) is 16.8. The van der Waals surface area contributed by atoms with E-state index in [0.29, 0.717) is 23.8 Å². The van der Waals surface area contributed by atoms with Crippen LogP contribution in [0, 0.1) is 5.82 Å². The summed E-state index contributed by atoms with van der Waals surface area (Å²) in [5.41, 5.74) is 2.51. The number of aromatic nitrogens is 2. The van der Waals surface area contributed by atoms with Crippen LogP contribution in [-0.2, 0) is 13.1 Å². The Kier molecular flexibility index (Phi) is 5.18. The Morgan fingerprint density at radius 1 is 1.08 bits per heavy atom. The first kappa shape index (κ1) is 16.1. The van der Waals surface area contributed by atoms with Gasteiger partial charge in [0.05, 0.1) is 18.4 Å². The van der Waals surface area contributed by atoms with E-state index < -0.39 is 0 Å². The third kappa shape index (κ3) is 4.39. The van der Waals surface area contributed by atoms with Crippen LogP contribution in [0.1, 0.15) is 11.1 Å². The van der Waals surface area contributed by atoms with Crippen molar-refractivity contribution in [2.24, 2.45) is 0 Å². The van der Waals surface area contributed by atoms with Crippen LogP contribution in [0.15, 0.2) is 67.0 Å². The van der Waals surface area contributed by atoms with Crippen LogP contribution >= 0.6 is 12.2 Å². The summed E-state index contributed by atoms with van der Waals surface area (Å²) in [6, 6.07) is 16.7. The fourth-order valence-electron chi connectivity index (χ4n) is 2.27. The highest BCUT2D eigenvalue weighted by Gasteiger charge is 2.05. The lowest BCUT2D eigenvalue weighted by Crippen LogP contribution is -2.27. The topological polar surface area (TPSA) is 41.9 Å². The van der Waals surface area contributed by atoms with E-state index in [4.69, 9.17) is 12.2 Å². The van der Waals surface area contributed by atoms with Crippen LogP contribution in [0.3, 0.4) is 0 Å². The average Bonchev–Trinajstić information content (AvgIpc) is 3.03. The molecule has 1 aromatic heterocycles. The van der Waals surface area contributed by atoms with Gasteiger partial charge in [0, 0.05) is 18.3 Å². The van der Waals surface area contributed by atoms with Gasteiger partial charge in [-0.25, -0.2) is 4.39 Å². The Balaban J connectivity index is 1.54. The predicted molar refractivity (Wildman–Crippen MR) is 97.2 cm³/mol. The molecule has 0 amide bonds. The third-order valence-corrected chi connectivity index (χ3v) is 3.72. The SMILES string of the molecule is Fc1ccccc1Cn1cc(NC(=S)NCc2ccccc2)cn1. The Bertz CT molecular complexity index is 817. The molecule has 4 nitrogen and oxygen atoms in total. The minimum atomic E-state index is -0.234. The minimum Gasteiger partial charge on any atom is -0.358 e. The van der Waals surface area contributed by atoms with Crippen molar-refractivity contribution in [2.75, 3.05) is 5.32 Å². The van der Waals surface area contributed by atoms with Crippen molar-refractivity contribution in [3.8, 4) is 0 Å². The van der Waals surface area contributed by atoms with E-state index >= 15 is 0 Å². The molecule has 0 radical (unpaired) electrons. The molecule has 2 aromatic carbocycles. The van der Waals surface area contributed by atoms with Crippen molar-refractivity contribution in [2.45, 2.75) is 13.1 Å². The van der Waals surface area contributed by atoms with Crippen LogP contribution < -0.4 is 10.6 Å². The quantitative estimate of drug-likeness (QED) is 0.697. The molecule has 0 saturated carbocycles. The van der Waals surface area contributed by atoms with E-state index in [1.807, 2.05) is 36.4 Å². The van der Waals surface area contributed by atoms with Gasteiger partial charge in [0.25, 0.3) is 0 Å². The molecule has 6 heteroatoms. The highest BCUT2D eigenvalue weighted by atomic mass is 32.1. The molecule has 2 N–H and O–H groups in total. The van der Waals surface area contributed by atoms with Gasteiger partial charge in [-0.1, -0.05) is 48.5 Å². The fraction of sp³-hybridized carbons (Fsp3) is 0.111. The first-order valence-corrected chi connectivity index (χ1v) is 7.96. The van der Waals surface area contributed by atoms with E-state index in [1.165, 1.54) is 6.07 Å². The monoisotopic (exact) mass is 340 g/mol. The first-order chi connectivity index (χ1) is 11.7. The smallest absolute Gasteiger partial charge is 0.171 e. The molecule has 0 aliphatic rings. The summed E-state index contributed by atoms with van der Waals surface area (Å²) in [5.74, 6) is -0.234. The van der Waals surface area contributed by atoms with E-state index in [1.54, 1.807) is 29.2 Å². The Morgan fingerprint density at radius 2 is 1.83 bits per heavy atom. The Hall–Kier alpha value is -2.73. The predicted octanol–water partition coefficient (Wildman–Crippen LogP) is 3.56. The lowest BCUT2D eigenvalue weighted by atomic mass is 10.2. The van der Waals surface area contributed by atoms with Crippen LogP contribution in [0.5, 0.6) is 0 Å². The van der Waals surface area contributed by atoms with Gasteiger partial charge in [-0.2, -0.15) is 5.10 Å². The lowest BCUT2D eigenvalue weighted by molar-refractivity contribution is 0.585. The highest BCUT2D eigenvalue weighted by Crippen LogP contribution is 2.11. The van der Waals surface area contributed by atoms with E-state index in [9.17, 15) is 4.39 Å². The number of nitrogens with one attached hydrogen (secondary N) is 2. The van der Waals surface area contributed by atoms with Crippen LogP contribution in [0.25, 0.3) is 0 Å². The summed E-state index contributed by atoms with van der Waals surface area (Å²) in [6.45, 7) is 1.02. The average molecular weight is 340 g/mol. The van der Waals surface area contributed by atoms with Gasteiger partial charge >= 0.3 is 0 Å². The van der Waals surface area contributed by atoms with Crippen molar-refractivity contribution >= 4 is 23.0 Å². The van der Waals surface area contributed by atoms with Crippen LogP contribution in [0.4, 0.5) is 10.1 Å². The molecule has 3 aromatic rings. The Labute approximate surface area is 145 Å². The summed E-state index contributed by atoms with van der Waals surface area (Å²) >= 11 is 5.28. The maximum Gasteiger partial charge on any atom is 0.171 e. The van der Waals surface area contributed by atoms with Gasteiger partial charge in [0.2, 0.25) is 0 Å². The van der Waals surface area contributed by atoms with E-state index in [0.717, 1.165) is 11.3 Å². The fourth-order valence-corrected chi connectivity index (χ4v) is 2.46. The second-order valence-corrected chi connectivity index (χ2v) is 5.72. The molecule has 0 bridgehead atoms. The molecule has 0 atom stereocenters. The molecule has 1 heterocycles. The molecule has 0 aliphatic heterocycles. The highest BCUT2D eigenvalue weighted by molar-refractivity contribution is 7.80. The van der Waals surface area contributed by atoms with Crippen LogP contribution in [-0.4, -0.2) is 14.9 Å². The summed E-state index contributed by atoms with van der Waals surface area (Å²) in [5, 5.41) is 11.0. The third-order valence-electron chi connectivity index (χ3n) is 3.48. The minimum absolute atomic E-state index is 0.234. The molecule has 0 aliphatic carbocycles. The van der Waals surface area contributed by atoms with Crippen LogP contribution in [0.2, 0.25) is 0 Å². The summed E-state index contributed by atoms with van der Waals surface area (Å²) in [4.78, 5) is 0. The normalized spacial score (nSPS) is 10.4. The molecule has 0 saturated heterocycles. The number of hydrogen-bond acceptors (Lipinski definition) is 2. The lowest BCUT2D eigenvalue weighted by Gasteiger charge is -2.08. The first-order valence-electron chi connectivity index (χ1n) is 7.55. The molecule has 0 spiro atoms. The van der Waals surface area contributed by atoms with Gasteiger partial charge < -0.3 is 10.6 Å². The summed E-state index contributed by atoms with van der Waals surface area (Å²) < 4.78 is 15.3.